The summed E-state index contributed by atoms with van der Waals surface area (Å²) in [5, 5.41) is 16.7. The summed E-state index contributed by atoms with van der Waals surface area (Å²) in [4.78, 5) is 17.9. The van der Waals surface area contributed by atoms with E-state index in [4.69, 9.17) is 4.98 Å². The molecule has 0 atom stereocenters. The van der Waals surface area contributed by atoms with Gasteiger partial charge in [0.05, 0.1) is 22.8 Å². The van der Waals surface area contributed by atoms with E-state index in [1.165, 1.54) is 11.3 Å². The Balaban J connectivity index is 1.78. The van der Waals surface area contributed by atoms with Gasteiger partial charge in [-0.05, 0) is 25.7 Å². The Morgan fingerprint density at radius 2 is 2.03 bits per heavy atom. The molecule has 0 aliphatic heterocycles. The first-order valence-corrected chi connectivity index (χ1v) is 11.1. The Bertz CT molecular complexity index is 1150. The summed E-state index contributed by atoms with van der Waals surface area (Å²) in [6.07, 6.45) is 1.70. The number of amides is 1. The van der Waals surface area contributed by atoms with Crippen molar-refractivity contribution in [2.45, 2.75) is 31.2 Å². The van der Waals surface area contributed by atoms with Crippen molar-refractivity contribution in [3.8, 4) is 11.3 Å². The lowest BCUT2D eigenvalue weighted by Gasteiger charge is -2.10. The summed E-state index contributed by atoms with van der Waals surface area (Å²) in [5.41, 5.74) is 2.87. The molecule has 1 N–H and O–H groups in total. The molecule has 4 aromatic rings. The van der Waals surface area contributed by atoms with Gasteiger partial charge >= 0.3 is 0 Å². The van der Waals surface area contributed by atoms with Crippen LogP contribution in [0.3, 0.4) is 0 Å². The third-order valence-corrected chi connectivity index (χ3v) is 6.12. The molecule has 0 radical (unpaired) electrons. The summed E-state index contributed by atoms with van der Waals surface area (Å²) in [7, 11) is 0. The third-order valence-electron chi connectivity index (χ3n) is 4.26. The number of rotatable bonds is 6. The molecule has 0 saturated heterocycles. The van der Waals surface area contributed by atoms with E-state index in [1.54, 1.807) is 18.0 Å². The van der Waals surface area contributed by atoms with Crippen LogP contribution in [0.5, 0.6) is 0 Å². The second kappa shape index (κ2) is 8.30. The lowest BCUT2D eigenvalue weighted by atomic mass is 10.1. The van der Waals surface area contributed by atoms with Crippen LogP contribution in [0.15, 0.2) is 46.9 Å². The highest BCUT2D eigenvalue weighted by Crippen LogP contribution is 2.29. The lowest BCUT2D eigenvalue weighted by molar-refractivity contribution is 0.102. The molecule has 0 bridgehead atoms. The zero-order valence-electron chi connectivity index (χ0n) is 16.3. The van der Waals surface area contributed by atoms with Gasteiger partial charge in [0.2, 0.25) is 5.13 Å². The fourth-order valence-electron chi connectivity index (χ4n) is 2.95. The molecule has 7 nitrogen and oxygen atoms in total. The van der Waals surface area contributed by atoms with Gasteiger partial charge in [-0.2, -0.15) is 5.10 Å². The fourth-order valence-corrected chi connectivity index (χ4v) is 4.59. The van der Waals surface area contributed by atoms with Crippen LogP contribution in [0.25, 0.3) is 22.3 Å². The minimum Gasteiger partial charge on any atom is -0.296 e. The number of carbonyl (C=O) groups excluding carboxylic acids is 1. The summed E-state index contributed by atoms with van der Waals surface area (Å²) in [6, 6.07) is 11.7. The van der Waals surface area contributed by atoms with E-state index in [2.05, 4.69) is 27.5 Å². The predicted octanol–water partition coefficient (Wildman–Crippen LogP) is 4.90. The van der Waals surface area contributed by atoms with Gasteiger partial charge in [0, 0.05) is 11.6 Å². The summed E-state index contributed by atoms with van der Waals surface area (Å²) in [6.45, 7) is 6.13. The van der Waals surface area contributed by atoms with E-state index < -0.39 is 0 Å². The van der Waals surface area contributed by atoms with Crippen molar-refractivity contribution in [2.75, 3.05) is 11.1 Å². The zero-order chi connectivity index (χ0) is 20.4. The Labute approximate surface area is 176 Å². The predicted molar refractivity (Wildman–Crippen MR) is 118 cm³/mol. The van der Waals surface area contributed by atoms with Crippen molar-refractivity contribution in [3.63, 3.8) is 0 Å². The summed E-state index contributed by atoms with van der Waals surface area (Å²) in [5.74, 6) is 0.657. The number of pyridine rings is 1. The van der Waals surface area contributed by atoms with Crippen LogP contribution >= 0.6 is 23.1 Å². The zero-order valence-corrected chi connectivity index (χ0v) is 17.9. The maximum Gasteiger partial charge on any atom is 0.258 e. The van der Waals surface area contributed by atoms with Crippen molar-refractivity contribution in [1.29, 1.82) is 0 Å². The molecule has 3 heterocycles. The average molecular weight is 425 g/mol. The van der Waals surface area contributed by atoms with Crippen LogP contribution in [-0.4, -0.2) is 36.6 Å². The molecule has 4 rings (SSSR count). The van der Waals surface area contributed by atoms with Crippen LogP contribution in [-0.2, 0) is 0 Å². The second-order valence-corrected chi connectivity index (χ2v) is 9.09. The minimum absolute atomic E-state index is 0.124. The second-order valence-electron chi connectivity index (χ2n) is 6.60. The van der Waals surface area contributed by atoms with E-state index in [-0.39, 0.29) is 11.9 Å². The Kier molecular flexibility index (Phi) is 5.59. The van der Waals surface area contributed by atoms with Crippen LogP contribution < -0.4 is 5.32 Å². The number of aromatic nitrogens is 5. The topological polar surface area (TPSA) is 85.6 Å². The molecular weight excluding hydrogens is 404 g/mol. The van der Waals surface area contributed by atoms with E-state index in [0.29, 0.717) is 21.7 Å². The normalized spacial score (nSPS) is 11.3. The molecule has 9 heteroatoms. The molecular formula is C20H20N6OS2. The lowest BCUT2D eigenvalue weighted by Crippen LogP contribution is -2.13. The number of hydrogen-bond donors (Lipinski definition) is 1. The maximum atomic E-state index is 13.1. The third kappa shape index (κ3) is 4.01. The van der Waals surface area contributed by atoms with Crippen molar-refractivity contribution in [3.05, 3.63) is 48.2 Å². The average Bonchev–Trinajstić information content (AvgIpc) is 3.35. The monoisotopic (exact) mass is 424 g/mol. The quantitative estimate of drug-likeness (QED) is 0.350. The molecule has 0 unspecified atom stereocenters. The number of nitrogens with zero attached hydrogens (tertiary/aromatic N) is 5. The van der Waals surface area contributed by atoms with Gasteiger partial charge in [-0.3, -0.25) is 10.1 Å². The largest absolute Gasteiger partial charge is 0.296 e. The van der Waals surface area contributed by atoms with Crippen LogP contribution in [0.4, 0.5) is 5.13 Å². The van der Waals surface area contributed by atoms with Gasteiger partial charge < -0.3 is 0 Å². The first-order chi connectivity index (χ1) is 14.1. The van der Waals surface area contributed by atoms with E-state index in [0.717, 1.165) is 21.3 Å². The van der Waals surface area contributed by atoms with Crippen molar-refractivity contribution < 1.29 is 4.79 Å². The minimum atomic E-state index is -0.248. The van der Waals surface area contributed by atoms with Gasteiger partial charge in [0.15, 0.2) is 9.99 Å². The molecule has 3 aromatic heterocycles. The standard InChI is InChI=1S/C20H20N6OS2/c1-4-28-20-25-24-19(29-20)23-18(27)14-10-16(13-8-6-5-7-9-13)22-17-15(14)11-21-26(17)12(2)3/h5-12H,4H2,1-3H3,(H,23,24,27). The fraction of sp³-hybridized carbons (Fsp3) is 0.250. The van der Waals surface area contributed by atoms with Gasteiger partial charge in [0.25, 0.3) is 5.91 Å². The SMILES string of the molecule is CCSc1nnc(NC(=O)c2cc(-c3ccccc3)nc3c2cnn3C(C)C)s1. The highest BCUT2D eigenvalue weighted by atomic mass is 32.2. The Morgan fingerprint density at radius 3 is 2.76 bits per heavy atom. The van der Waals surface area contributed by atoms with Crippen molar-refractivity contribution >= 4 is 45.2 Å². The van der Waals surface area contributed by atoms with Crippen LogP contribution in [0, 0.1) is 0 Å². The molecule has 0 spiro atoms. The van der Waals surface area contributed by atoms with Crippen LogP contribution in [0.1, 0.15) is 37.2 Å². The van der Waals surface area contributed by atoms with Gasteiger partial charge in [-0.15, -0.1) is 10.2 Å². The van der Waals surface area contributed by atoms with Crippen LogP contribution in [0.2, 0.25) is 0 Å². The molecule has 29 heavy (non-hydrogen) atoms. The van der Waals surface area contributed by atoms with Gasteiger partial charge in [-0.25, -0.2) is 9.67 Å². The molecule has 0 aliphatic carbocycles. The molecule has 0 aliphatic rings. The molecule has 0 fully saturated rings. The summed E-state index contributed by atoms with van der Waals surface area (Å²) < 4.78 is 2.67. The van der Waals surface area contributed by atoms with E-state index >= 15 is 0 Å². The maximum absolute atomic E-state index is 13.1. The van der Waals surface area contributed by atoms with Crippen molar-refractivity contribution in [1.82, 2.24) is 25.0 Å². The molecule has 1 aromatic carbocycles. The highest BCUT2D eigenvalue weighted by Gasteiger charge is 2.19. The number of anilines is 1. The Morgan fingerprint density at radius 1 is 1.24 bits per heavy atom. The van der Waals surface area contributed by atoms with E-state index in [9.17, 15) is 4.79 Å². The number of nitrogens with one attached hydrogen (secondary N) is 1. The summed E-state index contributed by atoms with van der Waals surface area (Å²) >= 11 is 2.97. The molecule has 0 saturated carbocycles. The number of carbonyl (C=O) groups is 1. The highest BCUT2D eigenvalue weighted by molar-refractivity contribution is 8.01. The van der Waals surface area contributed by atoms with Crippen molar-refractivity contribution in [2.24, 2.45) is 0 Å². The number of benzene rings is 1. The number of fused-ring (bicyclic) bond motifs is 1. The first kappa shape index (κ1) is 19.5. The number of hydrogen-bond acceptors (Lipinski definition) is 7. The molecule has 148 valence electrons. The first-order valence-electron chi connectivity index (χ1n) is 9.28. The molecule has 1 amide bonds. The Hall–Kier alpha value is -2.78. The number of thioether (sulfide) groups is 1. The van der Waals surface area contributed by atoms with Gasteiger partial charge in [-0.1, -0.05) is 60.4 Å². The smallest absolute Gasteiger partial charge is 0.258 e. The van der Waals surface area contributed by atoms with E-state index in [1.807, 2.05) is 54.9 Å². The van der Waals surface area contributed by atoms with Gasteiger partial charge in [0.1, 0.15) is 0 Å².